The second-order valence-electron chi connectivity index (χ2n) is 6.19. The summed E-state index contributed by atoms with van der Waals surface area (Å²) < 4.78 is 15.5. The molecule has 0 N–H and O–H groups in total. The summed E-state index contributed by atoms with van der Waals surface area (Å²) in [4.78, 5) is 26.1. The number of carbonyl (C=O) groups excluding carboxylic acids is 2. The van der Waals surface area contributed by atoms with Crippen LogP contribution in [0.25, 0.3) is 6.08 Å². The number of piperidine rings is 1. The van der Waals surface area contributed by atoms with Gasteiger partial charge in [0.25, 0.3) is 5.91 Å². The first kappa shape index (κ1) is 19.8. The zero-order valence-corrected chi connectivity index (χ0v) is 15.7. The number of benzene rings is 1. The van der Waals surface area contributed by atoms with E-state index in [0.717, 1.165) is 32.2 Å². The van der Waals surface area contributed by atoms with Gasteiger partial charge >= 0.3 is 5.97 Å². The maximum atomic E-state index is 12.3. The molecule has 1 saturated heterocycles. The summed E-state index contributed by atoms with van der Waals surface area (Å²) in [6.07, 6.45) is 6.97. The summed E-state index contributed by atoms with van der Waals surface area (Å²) in [6, 6.07) is 5.55. The first-order valence-electron chi connectivity index (χ1n) is 8.95. The number of nitrogens with zero attached hydrogens (tertiary/aromatic N) is 1. The lowest BCUT2D eigenvalue weighted by Crippen LogP contribution is -2.45. The lowest BCUT2D eigenvalue weighted by molar-refractivity contribution is -0.150. The molecule has 0 aromatic heterocycles. The first-order valence-corrected chi connectivity index (χ1v) is 8.95. The topological polar surface area (TPSA) is 65.1 Å². The highest BCUT2D eigenvalue weighted by atomic mass is 16.5. The van der Waals surface area contributed by atoms with E-state index in [9.17, 15) is 9.59 Å². The molecule has 0 bridgehead atoms. The molecular weight excluding hydrogens is 334 g/mol. The van der Waals surface area contributed by atoms with E-state index < -0.39 is 5.97 Å². The zero-order valence-electron chi connectivity index (χ0n) is 15.7. The molecule has 2 rings (SSSR count). The van der Waals surface area contributed by atoms with Crippen LogP contribution in [-0.4, -0.2) is 50.2 Å². The fourth-order valence-corrected chi connectivity index (χ4v) is 3.14. The Morgan fingerprint density at radius 1 is 1.23 bits per heavy atom. The third-order valence-corrected chi connectivity index (χ3v) is 4.59. The highest BCUT2D eigenvalue weighted by Crippen LogP contribution is 2.25. The average molecular weight is 361 g/mol. The van der Waals surface area contributed by atoms with Gasteiger partial charge in [0.15, 0.2) is 6.61 Å². The van der Waals surface area contributed by atoms with Crippen LogP contribution in [0.3, 0.4) is 0 Å². The van der Waals surface area contributed by atoms with E-state index in [1.54, 1.807) is 38.5 Å². The Morgan fingerprint density at radius 3 is 2.73 bits per heavy atom. The largest absolute Gasteiger partial charge is 0.497 e. The van der Waals surface area contributed by atoms with Gasteiger partial charge < -0.3 is 19.1 Å². The molecule has 26 heavy (non-hydrogen) atoms. The smallest absolute Gasteiger partial charge is 0.331 e. The SMILES string of the molecule is CC[C@H]1CCCCN1C(=O)COC(=O)/C=C/c1cc(OC)ccc1OC. The minimum Gasteiger partial charge on any atom is -0.497 e. The molecule has 0 unspecified atom stereocenters. The van der Waals surface area contributed by atoms with Gasteiger partial charge in [-0.2, -0.15) is 0 Å². The van der Waals surface area contributed by atoms with Crippen molar-refractivity contribution >= 4 is 18.0 Å². The normalized spacial score (nSPS) is 17.2. The van der Waals surface area contributed by atoms with Crippen LogP contribution in [0.1, 0.15) is 38.2 Å². The van der Waals surface area contributed by atoms with Crippen LogP contribution in [0, 0.1) is 0 Å². The number of amides is 1. The fraction of sp³-hybridized carbons (Fsp3) is 0.500. The van der Waals surface area contributed by atoms with Gasteiger partial charge in [0.05, 0.1) is 14.2 Å². The maximum Gasteiger partial charge on any atom is 0.331 e. The molecule has 1 amide bonds. The molecule has 0 spiro atoms. The molecule has 1 aliphatic heterocycles. The van der Waals surface area contributed by atoms with E-state index in [0.29, 0.717) is 17.1 Å². The molecule has 0 aliphatic carbocycles. The summed E-state index contributed by atoms with van der Waals surface area (Å²) in [7, 11) is 3.12. The van der Waals surface area contributed by atoms with Crippen molar-refractivity contribution in [3.8, 4) is 11.5 Å². The minimum atomic E-state index is -0.562. The van der Waals surface area contributed by atoms with Gasteiger partial charge in [-0.25, -0.2) is 4.79 Å². The van der Waals surface area contributed by atoms with Crippen molar-refractivity contribution in [2.24, 2.45) is 0 Å². The van der Waals surface area contributed by atoms with Crippen LogP contribution >= 0.6 is 0 Å². The molecule has 1 fully saturated rings. The van der Waals surface area contributed by atoms with Crippen LogP contribution in [0.2, 0.25) is 0 Å². The maximum absolute atomic E-state index is 12.3. The fourth-order valence-electron chi connectivity index (χ4n) is 3.14. The predicted molar refractivity (Wildman–Crippen MR) is 99.2 cm³/mol. The second kappa shape index (κ2) is 9.85. The number of esters is 1. The van der Waals surface area contributed by atoms with Crippen LogP contribution < -0.4 is 9.47 Å². The zero-order chi connectivity index (χ0) is 18.9. The van der Waals surface area contributed by atoms with E-state index in [2.05, 4.69) is 6.92 Å². The molecule has 1 heterocycles. The van der Waals surface area contributed by atoms with E-state index in [4.69, 9.17) is 14.2 Å². The number of carbonyl (C=O) groups is 2. The third-order valence-electron chi connectivity index (χ3n) is 4.59. The summed E-state index contributed by atoms with van der Waals surface area (Å²) in [5.74, 6) is 0.584. The van der Waals surface area contributed by atoms with Gasteiger partial charge in [-0.15, -0.1) is 0 Å². The lowest BCUT2D eigenvalue weighted by atomic mass is 10.00. The Labute approximate surface area is 154 Å². The van der Waals surface area contributed by atoms with Crippen LogP contribution in [0.5, 0.6) is 11.5 Å². The third kappa shape index (κ3) is 5.25. The van der Waals surface area contributed by atoms with Gasteiger partial charge in [-0.05, 0) is 50.0 Å². The van der Waals surface area contributed by atoms with Gasteiger partial charge in [-0.1, -0.05) is 6.92 Å². The molecule has 0 saturated carbocycles. The number of rotatable bonds is 7. The summed E-state index contributed by atoms with van der Waals surface area (Å²) in [6.45, 7) is 2.59. The first-order chi connectivity index (χ1) is 12.6. The Kier molecular flexibility index (Phi) is 7.51. The van der Waals surface area contributed by atoms with Crippen molar-refractivity contribution in [2.75, 3.05) is 27.4 Å². The number of likely N-dealkylation sites (tertiary alicyclic amines) is 1. The molecule has 1 aromatic rings. The number of hydrogen-bond acceptors (Lipinski definition) is 5. The molecule has 1 aliphatic rings. The summed E-state index contributed by atoms with van der Waals surface area (Å²) in [5.41, 5.74) is 0.692. The van der Waals surface area contributed by atoms with Gasteiger partial charge in [0.1, 0.15) is 11.5 Å². The van der Waals surface area contributed by atoms with E-state index in [1.807, 2.05) is 4.90 Å². The molecular formula is C20H27NO5. The lowest BCUT2D eigenvalue weighted by Gasteiger charge is -2.35. The van der Waals surface area contributed by atoms with Gasteiger partial charge in [0.2, 0.25) is 0 Å². The standard InChI is InChI=1S/C20H27NO5/c1-4-16-7-5-6-12-21(16)19(22)14-26-20(23)11-8-15-13-17(24-2)9-10-18(15)25-3/h8-11,13,16H,4-7,12,14H2,1-3H3/b11-8+/t16-/m0/s1. The molecule has 1 atom stereocenters. The van der Waals surface area contributed by atoms with Crippen molar-refractivity contribution < 1.29 is 23.8 Å². The monoisotopic (exact) mass is 361 g/mol. The number of methoxy groups -OCH3 is 2. The summed E-state index contributed by atoms with van der Waals surface area (Å²) in [5, 5.41) is 0. The van der Waals surface area contributed by atoms with Crippen molar-refractivity contribution in [3.63, 3.8) is 0 Å². The molecule has 6 nitrogen and oxygen atoms in total. The minimum absolute atomic E-state index is 0.128. The highest BCUT2D eigenvalue weighted by Gasteiger charge is 2.25. The Bertz CT molecular complexity index is 656. The predicted octanol–water partition coefficient (Wildman–Crippen LogP) is 3.05. The molecule has 1 aromatic carbocycles. The highest BCUT2D eigenvalue weighted by molar-refractivity contribution is 5.89. The van der Waals surface area contributed by atoms with Crippen molar-refractivity contribution in [3.05, 3.63) is 29.8 Å². The van der Waals surface area contributed by atoms with E-state index in [-0.39, 0.29) is 18.6 Å². The van der Waals surface area contributed by atoms with Crippen molar-refractivity contribution in [2.45, 2.75) is 38.6 Å². The van der Waals surface area contributed by atoms with Crippen LogP contribution in [0.15, 0.2) is 24.3 Å². The Hall–Kier alpha value is -2.50. The number of ether oxygens (including phenoxy) is 3. The molecule has 142 valence electrons. The van der Waals surface area contributed by atoms with Crippen LogP contribution in [-0.2, 0) is 14.3 Å². The van der Waals surface area contributed by atoms with Gasteiger partial charge in [0, 0.05) is 24.2 Å². The quantitative estimate of drug-likeness (QED) is 0.552. The number of hydrogen-bond donors (Lipinski definition) is 0. The summed E-state index contributed by atoms with van der Waals surface area (Å²) >= 11 is 0. The van der Waals surface area contributed by atoms with E-state index in [1.165, 1.54) is 6.08 Å². The van der Waals surface area contributed by atoms with Crippen molar-refractivity contribution in [1.29, 1.82) is 0 Å². The molecule has 0 radical (unpaired) electrons. The Balaban J connectivity index is 1.92. The second-order valence-corrected chi connectivity index (χ2v) is 6.19. The van der Waals surface area contributed by atoms with E-state index >= 15 is 0 Å². The molecule has 6 heteroatoms. The average Bonchev–Trinajstić information content (AvgIpc) is 2.69. The van der Waals surface area contributed by atoms with Gasteiger partial charge in [-0.3, -0.25) is 4.79 Å². The van der Waals surface area contributed by atoms with Crippen molar-refractivity contribution in [1.82, 2.24) is 4.90 Å². The van der Waals surface area contributed by atoms with Crippen LogP contribution in [0.4, 0.5) is 0 Å². The Morgan fingerprint density at radius 2 is 2.04 bits per heavy atom.